The number of morpholine rings is 1. The molecular weight excluding hydrogens is 465 g/mol. The molecule has 1 aliphatic rings. The van der Waals surface area contributed by atoms with E-state index in [4.69, 9.17) is 21.3 Å². The third-order valence-electron chi connectivity index (χ3n) is 5.41. The second kappa shape index (κ2) is 11.8. The maximum Gasteiger partial charge on any atom is 0.252 e. The third kappa shape index (κ3) is 6.09. The number of halogens is 2. The molecule has 0 unspecified atom stereocenters. The first-order valence-corrected chi connectivity index (χ1v) is 11.7. The quantitative estimate of drug-likeness (QED) is 0.412. The molecule has 170 valence electrons. The highest BCUT2D eigenvalue weighted by Crippen LogP contribution is 2.33. The summed E-state index contributed by atoms with van der Waals surface area (Å²) in [6.45, 7) is 6.96. The van der Waals surface area contributed by atoms with E-state index in [0.717, 1.165) is 60.6 Å². The van der Waals surface area contributed by atoms with Crippen LogP contribution in [-0.4, -0.2) is 55.2 Å². The maximum absolute atomic E-state index is 13.2. The van der Waals surface area contributed by atoms with Gasteiger partial charge in [0.1, 0.15) is 0 Å². The normalized spacial score (nSPS) is 14.6. The van der Waals surface area contributed by atoms with Gasteiger partial charge < -0.3 is 4.74 Å². The number of benzene rings is 2. The highest BCUT2D eigenvalue weighted by atomic mass is 35.5. The number of rotatable bonds is 7. The summed E-state index contributed by atoms with van der Waals surface area (Å²) < 4.78 is 6.47. The van der Waals surface area contributed by atoms with Crippen LogP contribution >= 0.6 is 35.3 Å². The molecule has 32 heavy (non-hydrogen) atoms. The molecule has 2 aromatic carbocycles. The second-order valence-electron chi connectivity index (χ2n) is 7.56. The van der Waals surface area contributed by atoms with E-state index < -0.39 is 0 Å². The Morgan fingerprint density at radius 2 is 1.97 bits per heavy atom. The van der Waals surface area contributed by atoms with Crippen LogP contribution in [0, 0.1) is 6.92 Å². The predicted molar refractivity (Wildman–Crippen MR) is 136 cm³/mol. The summed E-state index contributed by atoms with van der Waals surface area (Å²) in [7, 11) is 0. The highest BCUT2D eigenvalue weighted by Gasteiger charge is 2.20. The van der Waals surface area contributed by atoms with Gasteiger partial charge in [0, 0.05) is 37.3 Å². The molecule has 0 spiro atoms. The molecule has 3 aromatic rings. The number of hydrogen-bond acceptors (Lipinski definition) is 5. The number of fused-ring (bicyclic) bond motifs is 1. The summed E-state index contributed by atoms with van der Waals surface area (Å²) in [5.41, 5.74) is 2.81. The molecule has 0 bridgehead atoms. The van der Waals surface area contributed by atoms with Crippen molar-refractivity contribution in [1.29, 1.82) is 0 Å². The number of amides is 1. The Hall–Kier alpha value is -1.96. The summed E-state index contributed by atoms with van der Waals surface area (Å²) >= 11 is 7.82. The van der Waals surface area contributed by atoms with Gasteiger partial charge in [-0.05, 0) is 42.7 Å². The van der Waals surface area contributed by atoms with Crippen molar-refractivity contribution >= 4 is 62.7 Å². The summed E-state index contributed by atoms with van der Waals surface area (Å²) in [6, 6.07) is 13.7. The average molecular weight is 492 g/mol. The Labute approximate surface area is 204 Å². The standard InChI is InChI=1S/C24H26ClN3O2S.ClH/c1-18-20(25)9-10-21-23(18)26-24(31-21)28(13-5-12-27-14-16-30-17-15-27)22(29)11-8-19-6-3-2-4-7-19;/h2-4,6-11H,5,12-17H2,1H3;1H/b11-8+;. The number of hydrogen-bond donors (Lipinski definition) is 0. The summed E-state index contributed by atoms with van der Waals surface area (Å²) in [6.07, 6.45) is 4.36. The number of aryl methyl sites for hydroxylation is 1. The number of anilines is 1. The molecule has 1 amide bonds. The van der Waals surface area contributed by atoms with E-state index in [1.54, 1.807) is 11.0 Å². The zero-order valence-electron chi connectivity index (χ0n) is 18.0. The Morgan fingerprint density at radius 1 is 1.22 bits per heavy atom. The molecule has 8 heteroatoms. The fourth-order valence-electron chi connectivity index (χ4n) is 3.60. The molecule has 0 atom stereocenters. The largest absolute Gasteiger partial charge is 0.379 e. The fraction of sp³-hybridized carbons (Fsp3) is 0.333. The van der Waals surface area contributed by atoms with Crippen molar-refractivity contribution in [2.75, 3.05) is 44.3 Å². The first kappa shape index (κ1) is 24.7. The van der Waals surface area contributed by atoms with Gasteiger partial charge in [0.2, 0.25) is 0 Å². The van der Waals surface area contributed by atoms with Crippen molar-refractivity contribution in [2.45, 2.75) is 13.3 Å². The monoisotopic (exact) mass is 491 g/mol. The Bertz CT molecular complexity index is 1070. The van der Waals surface area contributed by atoms with Crippen LogP contribution in [0.5, 0.6) is 0 Å². The lowest BCUT2D eigenvalue weighted by atomic mass is 10.2. The lowest BCUT2D eigenvalue weighted by Crippen LogP contribution is -2.39. The zero-order chi connectivity index (χ0) is 21.6. The van der Waals surface area contributed by atoms with E-state index in [1.807, 2.05) is 55.5 Å². The third-order valence-corrected chi connectivity index (χ3v) is 6.86. The molecule has 1 saturated heterocycles. The van der Waals surface area contributed by atoms with Gasteiger partial charge in [-0.25, -0.2) is 4.98 Å². The summed E-state index contributed by atoms with van der Waals surface area (Å²) in [5.74, 6) is -0.0614. The average Bonchev–Trinajstić information content (AvgIpc) is 3.24. The molecule has 0 aliphatic carbocycles. The zero-order valence-corrected chi connectivity index (χ0v) is 20.4. The van der Waals surface area contributed by atoms with Crippen molar-refractivity contribution in [3.8, 4) is 0 Å². The van der Waals surface area contributed by atoms with Crippen molar-refractivity contribution in [3.05, 3.63) is 64.7 Å². The number of carbonyl (C=O) groups is 1. The fourth-order valence-corrected chi connectivity index (χ4v) is 4.81. The van der Waals surface area contributed by atoms with Gasteiger partial charge >= 0.3 is 0 Å². The van der Waals surface area contributed by atoms with Crippen molar-refractivity contribution < 1.29 is 9.53 Å². The van der Waals surface area contributed by atoms with Crippen LogP contribution in [0.3, 0.4) is 0 Å². The maximum atomic E-state index is 13.2. The number of carbonyl (C=O) groups excluding carboxylic acids is 1. The lowest BCUT2D eigenvalue weighted by molar-refractivity contribution is -0.114. The summed E-state index contributed by atoms with van der Waals surface area (Å²) in [4.78, 5) is 22.1. The minimum absolute atomic E-state index is 0. The van der Waals surface area contributed by atoms with Crippen LogP contribution in [0.4, 0.5) is 5.13 Å². The first-order chi connectivity index (χ1) is 15.1. The Kier molecular flexibility index (Phi) is 9.08. The van der Waals surface area contributed by atoms with Gasteiger partial charge in [-0.15, -0.1) is 12.4 Å². The summed E-state index contributed by atoms with van der Waals surface area (Å²) in [5, 5.41) is 1.41. The van der Waals surface area contributed by atoms with E-state index >= 15 is 0 Å². The molecule has 0 saturated carbocycles. The van der Waals surface area contributed by atoms with Crippen LogP contribution in [0.1, 0.15) is 17.5 Å². The van der Waals surface area contributed by atoms with Gasteiger partial charge in [-0.3, -0.25) is 14.6 Å². The molecule has 0 radical (unpaired) electrons. The molecular formula is C24H27Cl2N3O2S. The van der Waals surface area contributed by atoms with Gasteiger partial charge in [0.05, 0.1) is 23.4 Å². The van der Waals surface area contributed by atoms with Crippen LogP contribution in [0.15, 0.2) is 48.5 Å². The molecule has 1 aliphatic heterocycles. The highest BCUT2D eigenvalue weighted by molar-refractivity contribution is 7.22. The van der Waals surface area contributed by atoms with Gasteiger partial charge in [0.15, 0.2) is 5.13 Å². The molecule has 5 nitrogen and oxygen atoms in total. The topological polar surface area (TPSA) is 45.7 Å². The van der Waals surface area contributed by atoms with Crippen LogP contribution in [0.2, 0.25) is 5.02 Å². The minimum atomic E-state index is -0.0614. The number of thiazole rings is 1. The van der Waals surface area contributed by atoms with Crippen molar-refractivity contribution in [1.82, 2.24) is 9.88 Å². The van der Waals surface area contributed by atoms with Crippen LogP contribution < -0.4 is 4.90 Å². The molecule has 2 heterocycles. The van der Waals surface area contributed by atoms with E-state index in [9.17, 15) is 4.79 Å². The molecule has 0 N–H and O–H groups in total. The second-order valence-corrected chi connectivity index (χ2v) is 8.97. The first-order valence-electron chi connectivity index (χ1n) is 10.5. The van der Waals surface area contributed by atoms with Gasteiger partial charge in [-0.1, -0.05) is 53.3 Å². The molecule has 1 aromatic heterocycles. The van der Waals surface area contributed by atoms with E-state index in [-0.39, 0.29) is 18.3 Å². The number of nitrogens with zero attached hydrogens (tertiary/aromatic N) is 3. The number of aromatic nitrogens is 1. The van der Waals surface area contributed by atoms with Crippen molar-refractivity contribution in [3.63, 3.8) is 0 Å². The lowest BCUT2D eigenvalue weighted by Gasteiger charge is -2.27. The van der Waals surface area contributed by atoms with E-state index in [1.165, 1.54) is 11.3 Å². The molecule has 4 rings (SSSR count). The van der Waals surface area contributed by atoms with Crippen LogP contribution in [-0.2, 0) is 9.53 Å². The van der Waals surface area contributed by atoms with Gasteiger partial charge in [0.25, 0.3) is 5.91 Å². The van der Waals surface area contributed by atoms with Crippen molar-refractivity contribution in [2.24, 2.45) is 0 Å². The van der Waals surface area contributed by atoms with Crippen LogP contribution in [0.25, 0.3) is 16.3 Å². The van der Waals surface area contributed by atoms with E-state index in [2.05, 4.69) is 4.90 Å². The predicted octanol–water partition coefficient (Wildman–Crippen LogP) is 5.45. The van der Waals surface area contributed by atoms with Gasteiger partial charge in [-0.2, -0.15) is 0 Å². The smallest absolute Gasteiger partial charge is 0.252 e. The molecule has 1 fully saturated rings. The minimum Gasteiger partial charge on any atom is -0.379 e. The Balaban J connectivity index is 0.00000289. The SMILES string of the molecule is Cc1c(Cl)ccc2sc(N(CCCN3CCOCC3)C(=O)/C=C/c3ccccc3)nc12.Cl. The Morgan fingerprint density at radius 3 is 2.72 bits per heavy atom. The van der Waals surface area contributed by atoms with E-state index in [0.29, 0.717) is 16.7 Å². The number of ether oxygens (including phenoxy) is 1.